The quantitative estimate of drug-likeness (QED) is 0.776. The lowest BCUT2D eigenvalue weighted by Crippen LogP contribution is -2.01. The van der Waals surface area contributed by atoms with E-state index in [1.807, 2.05) is 11.4 Å². The molecule has 2 rings (SSSR count). The van der Waals surface area contributed by atoms with E-state index in [-0.39, 0.29) is 11.3 Å². The van der Waals surface area contributed by atoms with Gasteiger partial charge in [-0.15, -0.1) is 11.3 Å². The Morgan fingerprint density at radius 2 is 2.22 bits per heavy atom. The van der Waals surface area contributed by atoms with Gasteiger partial charge in [-0.2, -0.15) is 0 Å². The summed E-state index contributed by atoms with van der Waals surface area (Å²) in [5.41, 5.74) is 0.266. The molecule has 94 valence electrons. The Bertz CT molecular complexity index is 580. The zero-order chi connectivity index (χ0) is 13.1. The standard InChI is InChI=1S/C13H10BrFO2S/c1-8(16)10-6-9(15)2-3-12(10)17-7-13-11(14)4-5-18-13/h2-6H,7H2,1H3. The SMILES string of the molecule is CC(=O)c1cc(F)ccc1OCc1sccc1Br. The minimum Gasteiger partial charge on any atom is -0.487 e. The van der Waals surface area contributed by atoms with Gasteiger partial charge in [-0.25, -0.2) is 4.39 Å². The minimum atomic E-state index is -0.440. The first kappa shape index (κ1) is 13.2. The van der Waals surface area contributed by atoms with E-state index in [1.165, 1.54) is 25.1 Å². The van der Waals surface area contributed by atoms with Crippen LogP contribution in [0.2, 0.25) is 0 Å². The van der Waals surface area contributed by atoms with Crippen LogP contribution in [0.1, 0.15) is 22.2 Å². The molecular formula is C13H10BrFO2S. The molecule has 0 saturated carbocycles. The number of hydrogen-bond acceptors (Lipinski definition) is 3. The molecule has 0 bridgehead atoms. The summed E-state index contributed by atoms with van der Waals surface area (Å²) in [4.78, 5) is 12.4. The van der Waals surface area contributed by atoms with Gasteiger partial charge in [-0.05, 0) is 52.5 Å². The Kier molecular flexibility index (Phi) is 4.14. The van der Waals surface area contributed by atoms with Crippen molar-refractivity contribution in [2.75, 3.05) is 0 Å². The molecule has 0 fully saturated rings. The van der Waals surface area contributed by atoms with E-state index in [9.17, 15) is 9.18 Å². The van der Waals surface area contributed by atoms with E-state index in [2.05, 4.69) is 15.9 Å². The van der Waals surface area contributed by atoms with Gasteiger partial charge in [0.15, 0.2) is 5.78 Å². The van der Waals surface area contributed by atoms with Gasteiger partial charge in [-0.3, -0.25) is 4.79 Å². The number of hydrogen-bond donors (Lipinski definition) is 0. The third-order valence-electron chi connectivity index (χ3n) is 2.37. The van der Waals surface area contributed by atoms with Crippen molar-refractivity contribution in [2.24, 2.45) is 0 Å². The number of ether oxygens (including phenoxy) is 1. The normalized spacial score (nSPS) is 10.4. The van der Waals surface area contributed by atoms with E-state index in [0.29, 0.717) is 12.4 Å². The lowest BCUT2D eigenvalue weighted by Gasteiger charge is -2.09. The van der Waals surface area contributed by atoms with Crippen LogP contribution in [-0.4, -0.2) is 5.78 Å². The Labute approximate surface area is 117 Å². The highest BCUT2D eigenvalue weighted by atomic mass is 79.9. The van der Waals surface area contributed by atoms with Gasteiger partial charge < -0.3 is 4.74 Å². The van der Waals surface area contributed by atoms with Gasteiger partial charge in [0.2, 0.25) is 0 Å². The Morgan fingerprint density at radius 1 is 1.44 bits per heavy atom. The smallest absolute Gasteiger partial charge is 0.163 e. The molecule has 0 atom stereocenters. The topological polar surface area (TPSA) is 26.3 Å². The third kappa shape index (κ3) is 2.97. The summed E-state index contributed by atoms with van der Waals surface area (Å²) in [5, 5.41) is 1.94. The predicted octanol–water partition coefficient (Wildman–Crippen LogP) is 4.43. The van der Waals surface area contributed by atoms with Crippen molar-refractivity contribution in [3.63, 3.8) is 0 Å². The fraction of sp³-hybridized carbons (Fsp3) is 0.154. The first-order valence-electron chi connectivity index (χ1n) is 5.23. The number of thiophene rings is 1. The molecule has 2 aromatic rings. The molecule has 0 saturated heterocycles. The van der Waals surface area contributed by atoms with Crippen LogP contribution in [0.15, 0.2) is 34.1 Å². The lowest BCUT2D eigenvalue weighted by atomic mass is 10.1. The fourth-order valence-corrected chi connectivity index (χ4v) is 2.85. The third-order valence-corrected chi connectivity index (χ3v) is 4.27. The summed E-state index contributed by atoms with van der Waals surface area (Å²) >= 11 is 4.96. The first-order valence-corrected chi connectivity index (χ1v) is 6.90. The van der Waals surface area contributed by atoms with Gasteiger partial charge in [0.1, 0.15) is 18.2 Å². The maximum Gasteiger partial charge on any atom is 0.163 e. The van der Waals surface area contributed by atoms with Gasteiger partial charge in [0.25, 0.3) is 0 Å². The van der Waals surface area contributed by atoms with E-state index < -0.39 is 5.82 Å². The van der Waals surface area contributed by atoms with Crippen molar-refractivity contribution in [1.82, 2.24) is 0 Å². The Morgan fingerprint density at radius 3 is 2.83 bits per heavy atom. The maximum absolute atomic E-state index is 13.1. The number of ketones is 1. The zero-order valence-electron chi connectivity index (χ0n) is 9.57. The summed E-state index contributed by atoms with van der Waals surface area (Å²) in [6.07, 6.45) is 0. The Balaban J connectivity index is 2.19. The molecule has 2 nitrogen and oxygen atoms in total. The number of carbonyl (C=O) groups is 1. The van der Waals surface area contributed by atoms with E-state index in [4.69, 9.17) is 4.74 Å². The van der Waals surface area contributed by atoms with Crippen molar-refractivity contribution < 1.29 is 13.9 Å². The van der Waals surface area contributed by atoms with Crippen LogP contribution in [0.5, 0.6) is 5.75 Å². The van der Waals surface area contributed by atoms with E-state index in [1.54, 1.807) is 11.3 Å². The second-order valence-corrected chi connectivity index (χ2v) is 5.53. The average Bonchev–Trinajstić information content (AvgIpc) is 2.73. The van der Waals surface area contributed by atoms with Gasteiger partial charge in [-0.1, -0.05) is 0 Å². The second kappa shape index (κ2) is 5.63. The molecule has 18 heavy (non-hydrogen) atoms. The molecule has 0 aliphatic rings. The monoisotopic (exact) mass is 328 g/mol. The number of Topliss-reactive ketones (excluding diaryl/α,β-unsaturated/α-hetero) is 1. The van der Waals surface area contributed by atoms with Crippen LogP contribution in [0.3, 0.4) is 0 Å². The molecule has 0 unspecified atom stereocenters. The number of benzene rings is 1. The van der Waals surface area contributed by atoms with Crippen molar-refractivity contribution in [1.29, 1.82) is 0 Å². The molecule has 5 heteroatoms. The largest absolute Gasteiger partial charge is 0.487 e. The second-order valence-electron chi connectivity index (χ2n) is 3.68. The molecule has 1 aromatic carbocycles. The van der Waals surface area contributed by atoms with Crippen LogP contribution in [0.4, 0.5) is 4.39 Å². The summed E-state index contributed by atoms with van der Waals surface area (Å²) in [6.45, 7) is 1.74. The molecular weight excluding hydrogens is 319 g/mol. The van der Waals surface area contributed by atoms with E-state index >= 15 is 0 Å². The van der Waals surface area contributed by atoms with Crippen LogP contribution < -0.4 is 4.74 Å². The predicted molar refractivity (Wildman–Crippen MR) is 72.8 cm³/mol. The van der Waals surface area contributed by atoms with Gasteiger partial charge >= 0.3 is 0 Å². The molecule has 0 aliphatic heterocycles. The summed E-state index contributed by atoms with van der Waals surface area (Å²) in [6, 6.07) is 5.89. The molecule has 0 N–H and O–H groups in total. The average molecular weight is 329 g/mol. The van der Waals surface area contributed by atoms with Gasteiger partial charge in [0, 0.05) is 4.47 Å². The van der Waals surface area contributed by atoms with Crippen LogP contribution in [0.25, 0.3) is 0 Å². The fourth-order valence-electron chi connectivity index (χ4n) is 1.47. The summed E-state index contributed by atoms with van der Waals surface area (Å²) < 4.78 is 19.6. The van der Waals surface area contributed by atoms with Crippen molar-refractivity contribution in [3.05, 3.63) is 50.4 Å². The molecule has 1 aromatic heterocycles. The highest BCUT2D eigenvalue weighted by Crippen LogP contribution is 2.26. The van der Waals surface area contributed by atoms with Crippen molar-refractivity contribution >= 4 is 33.0 Å². The number of rotatable bonds is 4. The minimum absolute atomic E-state index is 0.213. The highest BCUT2D eigenvalue weighted by Gasteiger charge is 2.11. The van der Waals surface area contributed by atoms with Crippen molar-refractivity contribution in [2.45, 2.75) is 13.5 Å². The van der Waals surface area contributed by atoms with Crippen LogP contribution in [0, 0.1) is 5.82 Å². The molecule has 0 amide bonds. The first-order chi connectivity index (χ1) is 8.58. The number of halogens is 2. The van der Waals surface area contributed by atoms with Gasteiger partial charge in [0.05, 0.1) is 10.4 Å². The summed E-state index contributed by atoms with van der Waals surface area (Å²) in [7, 11) is 0. The Hall–Kier alpha value is -1.20. The highest BCUT2D eigenvalue weighted by molar-refractivity contribution is 9.10. The molecule has 0 radical (unpaired) electrons. The number of carbonyl (C=O) groups excluding carboxylic acids is 1. The van der Waals surface area contributed by atoms with E-state index in [0.717, 1.165) is 9.35 Å². The van der Waals surface area contributed by atoms with Crippen LogP contribution >= 0.6 is 27.3 Å². The molecule has 1 heterocycles. The maximum atomic E-state index is 13.1. The molecule has 0 aliphatic carbocycles. The zero-order valence-corrected chi connectivity index (χ0v) is 12.0. The summed E-state index contributed by atoms with van der Waals surface area (Å²) in [5.74, 6) is -0.246. The molecule has 0 spiro atoms. The lowest BCUT2D eigenvalue weighted by molar-refractivity contribution is 0.101. The van der Waals surface area contributed by atoms with Crippen molar-refractivity contribution in [3.8, 4) is 5.75 Å². The van der Waals surface area contributed by atoms with Crippen LogP contribution in [-0.2, 0) is 6.61 Å².